The molecular weight excluding hydrogens is 264 g/mol. The van der Waals surface area contributed by atoms with Crippen LogP contribution in [-0.4, -0.2) is 21.1 Å². The first-order chi connectivity index (χ1) is 9.49. The lowest BCUT2D eigenvalue weighted by Crippen LogP contribution is -2.26. The molecule has 20 heavy (non-hydrogen) atoms. The average molecular weight is 280 g/mol. The zero-order valence-corrected chi connectivity index (χ0v) is 10.9. The molecule has 2 rings (SSSR count). The summed E-state index contributed by atoms with van der Waals surface area (Å²) >= 11 is 0. The molecule has 7 heteroatoms. The Balaban J connectivity index is 2.26. The molecule has 1 aromatic rings. The van der Waals surface area contributed by atoms with Crippen molar-refractivity contribution in [1.29, 1.82) is 0 Å². The van der Waals surface area contributed by atoms with Crippen LogP contribution in [0.5, 0.6) is 0 Å². The van der Waals surface area contributed by atoms with Crippen LogP contribution in [0.1, 0.15) is 31.2 Å². The predicted octanol–water partition coefficient (Wildman–Crippen LogP) is 2.60. The van der Waals surface area contributed by atoms with Gasteiger partial charge in [-0.3, -0.25) is 20.2 Å². The van der Waals surface area contributed by atoms with Gasteiger partial charge in [0.05, 0.1) is 22.0 Å². The second-order valence-electron chi connectivity index (χ2n) is 5.14. The quantitative estimate of drug-likeness (QED) is 0.673. The summed E-state index contributed by atoms with van der Waals surface area (Å²) in [7, 11) is 0. The van der Waals surface area contributed by atoms with Crippen molar-refractivity contribution in [2.75, 3.05) is 0 Å². The lowest BCUT2D eigenvalue weighted by Gasteiger charge is -2.27. The Morgan fingerprint density at radius 2 is 1.85 bits per heavy atom. The molecule has 7 nitrogen and oxygen atoms in total. The van der Waals surface area contributed by atoms with Gasteiger partial charge in [0.1, 0.15) is 0 Å². The summed E-state index contributed by atoms with van der Waals surface area (Å²) in [6.07, 6.45) is 3.46. The smallest absolute Gasteiger partial charge is 0.279 e. The zero-order valence-electron chi connectivity index (χ0n) is 10.9. The molecule has 1 aliphatic carbocycles. The van der Waals surface area contributed by atoms with Crippen molar-refractivity contribution < 1.29 is 15.0 Å². The van der Waals surface area contributed by atoms with Crippen LogP contribution < -0.4 is 0 Å². The number of aliphatic hydroxyl groups is 1. The van der Waals surface area contributed by atoms with Gasteiger partial charge < -0.3 is 5.11 Å². The van der Waals surface area contributed by atoms with E-state index in [1.807, 2.05) is 0 Å². The number of nitro benzene ring substituents is 2. The van der Waals surface area contributed by atoms with Crippen LogP contribution in [0.25, 0.3) is 0 Å². The fourth-order valence-electron chi connectivity index (χ4n) is 2.72. The maximum Gasteiger partial charge on any atom is 0.279 e. The van der Waals surface area contributed by atoms with Gasteiger partial charge in [-0.05, 0) is 31.2 Å². The summed E-state index contributed by atoms with van der Waals surface area (Å²) in [5.74, 6) is -0.0103. The van der Waals surface area contributed by atoms with Gasteiger partial charge in [-0.25, -0.2) is 0 Å². The summed E-state index contributed by atoms with van der Waals surface area (Å²) in [6.45, 7) is 0. The third kappa shape index (κ3) is 3.11. The van der Waals surface area contributed by atoms with Gasteiger partial charge in [-0.2, -0.15) is 0 Å². The molecule has 0 bridgehead atoms. The van der Waals surface area contributed by atoms with Crippen LogP contribution in [0.15, 0.2) is 18.2 Å². The first-order valence-electron chi connectivity index (χ1n) is 6.59. The molecule has 1 saturated carbocycles. The SMILES string of the molecule is O=[N+]([O-])c1ccc(CC2CCCCC2O)c([N+](=O)[O-])c1. The number of aliphatic hydroxyl groups excluding tert-OH is 1. The van der Waals surface area contributed by atoms with Gasteiger partial charge in [0, 0.05) is 11.6 Å². The summed E-state index contributed by atoms with van der Waals surface area (Å²) in [5.41, 5.74) is -0.0758. The van der Waals surface area contributed by atoms with Crippen molar-refractivity contribution in [2.24, 2.45) is 5.92 Å². The Kier molecular flexibility index (Phi) is 4.29. The molecule has 0 heterocycles. The molecular formula is C13H16N2O5. The average Bonchev–Trinajstić information content (AvgIpc) is 2.41. The zero-order chi connectivity index (χ0) is 14.7. The van der Waals surface area contributed by atoms with E-state index in [2.05, 4.69) is 0 Å². The lowest BCUT2D eigenvalue weighted by atomic mass is 9.82. The number of non-ortho nitro benzene ring substituents is 1. The molecule has 1 N–H and O–H groups in total. The first-order valence-corrected chi connectivity index (χ1v) is 6.59. The summed E-state index contributed by atoms with van der Waals surface area (Å²) in [6, 6.07) is 3.69. The molecule has 1 aromatic carbocycles. The molecule has 0 aromatic heterocycles. The Morgan fingerprint density at radius 1 is 1.15 bits per heavy atom. The summed E-state index contributed by atoms with van der Waals surface area (Å²) in [5, 5.41) is 31.6. The highest BCUT2D eigenvalue weighted by Gasteiger charge is 2.27. The fraction of sp³-hybridized carbons (Fsp3) is 0.538. The maximum atomic E-state index is 11.0. The Bertz CT molecular complexity index is 531. The van der Waals surface area contributed by atoms with Crippen LogP contribution in [0.4, 0.5) is 11.4 Å². The molecule has 0 spiro atoms. The highest BCUT2D eigenvalue weighted by atomic mass is 16.6. The minimum atomic E-state index is -0.647. The Morgan fingerprint density at radius 3 is 2.45 bits per heavy atom. The summed E-state index contributed by atoms with van der Waals surface area (Å²) < 4.78 is 0. The third-order valence-electron chi connectivity index (χ3n) is 3.83. The molecule has 0 amide bonds. The predicted molar refractivity (Wildman–Crippen MR) is 71.4 cm³/mol. The maximum absolute atomic E-state index is 11.0. The van der Waals surface area contributed by atoms with Crippen LogP contribution >= 0.6 is 0 Å². The molecule has 0 aliphatic heterocycles. The Hall–Kier alpha value is -2.02. The van der Waals surface area contributed by atoms with Crippen LogP contribution in [0.3, 0.4) is 0 Å². The second kappa shape index (κ2) is 5.96. The van der Waals surface area contributed by atoms with E-state index < -0.39 is 16.0 Å². The molecule has 0 saturated heterocycles. The molecule has 108 valence electrons. The first kappa shape index (κ1) is 14.4. The number of nitro groups is 2. The van der Waals surface area contributed by atoms with Gasteiger partial charge in [0.2, 0.25) is 0 Å². The number of benzene rings is 1. The minimum Gasteiger partial charge on any atom is -0.393 e. The van der Waals surface area contributed by atoms with Crippen molar-refractivity contribution in [1.82, 2.24) is 0 Å². The highest BCUT2D eigenvalue weighted by Crippen LogP contribution is 2.32. The van der Waals surface area contributed by atoms with Crippen LogP contribution in [0.2, 0.25) is 0 Å². The molecule has 1 aliphatic rings. The van der Waals surface area contributed by atoms with Crippen molar-refractivity contribution >= 4 is 11.4 Å². The summed E-state index contributed by atoms with van der Waals surface area (Å²) in [4.78, 5) is 20.5. The van der Waals surface area contributed by atoms with E-state index in [1.165, 1.54) is 12.1 Å². The fourth-order valence-corrected chi connectivity index (χ4v) is 2.72. The van der Waals surface area contributed by atoms with E-state index in [-0.39, 0.29) is 17.3 Å². The normalized spacial score (nSPS) is 22.4. The lowest BCUT2D eigenvalue weighted by molar-refractivity contribution is -0.394. The van der Waals surface area contributed by atoms with Gasteiger partial charge in [-0.1, -0.05) is 12.8 Å². The van der Waals surface area contributed by atoms with Gasteiger partial charge in [0.15, 0.2) is 0 Å². The topological polar surface area (TPSA) is 107 Å². The van der Waals surface area contributed by atoms with E-state index in [9.17, 15) is 25.3 Å². The molecule has 2 atom stereocenters. The van der Waals surface area contributed by atoms with Gasteiger partial charge in [0.25, 0.3) is 11.4 Å². The highest BCUT2D eigenvalue weighted by molar-refractivity contribution is 5.49. The number of hydrogen-bond acceptors (Lipinski definition) is 5. The van der Waals surface area contributed by atoms with Crippen LogP contribution in [0, 0.1) is 26.1 Å². The van der Waals surface area contributed by atoms with E-state index in [0.717, 1.165) is 25.3 Å². The van der Waals surface area contributed by atoms with E-state index in [0.29, 0.717) is 18.4 Å². The standard InChI is InChI=1S/C13H16N2O5/c16-13-4-2-1-3-10(13)7-9-5-6-11(14(17)18)8-12(9)15(19)20/h5-6,8,10,13,16H,1-4,7H2. The van der Waals surface area contributed by atoms with E-state index >= 15 is 0 Å². The molecule has 1 fully saturated rings. The minimum absolute atomic E-state index is 0.0103. The van der Waals surface area contributed by atoms with Crippen molar-refractivity contribution in [2.45, 2.75) is 38.2 Å². The van der Waals surface area contributed by atoms with Crippen molar-refractivity contribution in [3.05, 3.63) is 44.0 Å². The van der Waals surface area contributed by atoms with Gasteiger partial charge in [-0.15, -0.1) is 0 Å². The third-order valence-corrected chi connectivity index (χ3v) is 3.83. The van der Waals surface area contributed by atoms with Gasteiger partial charge >= 0.3 is 0 Å². The van der Waals surface area contributed by atoms with E-state index in [1.54, 1.807) is 0 Å². The van der Waals surface area contributed by atoms with Crippen molar-refractivity contribution in [3.63, 3.8) is 0 Å². The molecule has 2 unspecified atom stereocenters. The second-order valence-corrected chi connectivity index (χ2v) is 5.14. The van der Waals surface area contributed by atoms with Crippen molar-refractivity contribution in [3.8, 4) is 0 Å². The van der Waals surface area contributed by atoms with E-state index in [4.69, 9.17) is 0 Å². The number of hydrogen-bond donors (Lipinski definition) is 1. The Labute approximate surface area is 115 Å². The monoisotopic (exact) mass is 280 g/mol. The van der Waals surface area contributed by atoms with Crippen LogP contribution in [-0.2, 0) is 6.42 Å². The molecule has 0 radical (unpaired) electrons. The largest absolute Gasteiger partial charge is 0.393 e. The number of rotatable bonds is 4. The number of nitrogens with zero attached hydrogens (tertiary/aromatic N) is 2.